The summed E-state index contributed by atoms with van der Waals surface area (Å²) >= 11 is 0. The van der Waals surface area contributed by atoms with Crippen LogP contribution >= 0.6 is 0 Å². The van der Waals surface area contributed by atoms with Crippen LogP contribution in [0.1, 0.15) is 149 Å². The number of aryl methyl sites for hydroxylation is 6. The first kappa shape index (κ1) is 73.3. The van der Waals surface area contributed by atoms with Gasteiger partial charge in [0, 0.05) is 53.5 Å². The lowest BCUT2D eigenvalue weighted by molar-refractivity contribution is 0.607. The molecular weight excluding hydrogens is 1290 g/mol. The monoisotopic (exact) mass is 1400 g/mol. The number of benzene rings is 14. The Morgan fingerprint density at radius 1 is 0.271 bits per heavy atom. The molecule has 0 radical (unpaired) electrons. The van der Waals surface area contributed by atoms with Gasteiger partial charge in [-0.15, -0.1) is 0 Å². The first-order valence-corrected chi connectivity index (χ1v) is 40.1. The number of hydrogen-bond donors (Lipinski definition) is 0. The van der Waals surface area contributed by atoms with E-state index in [2.05, 4.69) is 359 Å². The second-order valence-corrected chi connectivity index (χ2v) is 30.4. The van der Waals surface area contributed by atoms with Gasteiger partial charge in [0.2, 0.25) is 0 Å². The highest BCUT2D eigenvalue weighted by Crippen LogP contribution is 2.49. The van der Waals surface area contributed by atoms with Crippen molar-refractivity contribution in [2.75, 3.05) is 11.9 Å². The molecule has 0 aliphatic heterocycles. The van der Waals surface area contributed by atoms with Gasteiger partial charge in [-0.2, -0.15) is 0 Å². The molecule has 14 rings (SSSR count). The summed E-state index contributed by atoms with van der Waals surface area (Å²) in [6.07, 6.45) is 19.9. The zero-order chi connectivity index (χ0) is 73.8. The first-order chi connectivity index (χ1) is 52.4. The molecule has 2 heteroatoms. The van der Waals surface area contributed by atoms with Gasteiger partial charge < -0.3 is 4.90 Å². The number of rotatable bonds is 29. The van der Waals surface area contributed by atoms with Crippen molar-refractivity contribution in [2.45, 2.75) is 158 Å². The van der Waals surface area contributed by atoms with E-state index in [1.165, 1.54) is 238 Å². The Balaban J connectivity index is 0.814. The normalized spacial score (nSPS) is 12.1. The SMILES string of the molecule is CCCCCCCCc1ccc(-c2ccc(N(c3ccc(-c4ccc(C)cc4)cc3)c3ccc(-c4cc5ccccc5c(-c5c(C)c(-c6ccc([N+](C)(c7ccc(-c8ccc(C)cc8)cc7)c7ccc(-c8ccc(CCCCCCCC)cc8)c(CC)c7)cc6)cc6ccccc56)c4C)cc3)cc2CC)cc1. The van der Waals surface area contributed by atoms with E-state index in [1.54, 1.807) is 0 Å². The minimum atomic E-state index is 0.501. The van der Waals surface area contributed by atoms with Crippen LogP contribution in [0.2, 0.25) is 0 Å². The van der Waals surface area contributed by atoms with Gasteiger partial charge in [-0.05, 0) is 278 Å². The Kier molecular flexibility index (Phi) is 23.2. The van der Waals surface area contributed by atoms with Gasteiger partial charge in [0.15, 0.2) is 0 Å². The van der Waals surface area contributed by atoms with Gasteiger partial charge in [0.1, 0.15) is 17.1 Å². The average molecular weight is 1400 g/mol. The lowest BCUT2D eigenvalue weighted by atomic mass is 9.82. The molecule has 0 spiro atoms. The standard InChI is InChI=1S/C105H107N2/c1-10-14-16-18-20-22-28-78-38-46-86(47-39-78)98-68-62-94(70-80(98)12-3)106(92-58-50-84(51-59-92)82-42-34-74(5)35-43-82)93-60-52-88(53-61-93)102-72-90-30-24-26-32-100(90)104(76(102)7)105-77(8)103(73-91-31-25-27-33-101(91)105)89-56-65-96(66-57-89)107(9,95-63-54-85(55-64-95)83-44-36-75(6)37-45-83)97-67-69-99(81(13-4)71-97)87-48-40-79(41-49-87)29-23-21-19-17-15-11-2/h24-27,30-73H,10-23,28-29H2,1-9H3/q+1. The molecule has 536 valence electrons. The number of hydrogen-bond acceptors (Lipinski definition) is 1. The second kappa shape index (κ2) is 33.9. The maximum atomic E-state index is 2.48. The summed E-state index contributed by atoms with van der Waals surface area (Å²) in [5, 5.41) is 4.96. The summed E-state index contributed by atoms with van der Waals surface area (Å²) in [6.45, 7) is 18.2. The molecule has 0 bridgehead atoms. The van der Waals surface area contributed by atoms with Crippen molar-refractivity contribution in [3.8, 4) is 77.9 Å². The van der Waals surface area contributed by atoms with Crippen LogP contribution in [0.25, 0.3) is 99.4 Å². The number of anilines is 3. The Bertz CT molecular complexity index is 5310. The number of nitrogens with zero attached hydrogens (tertiary/aromatic N) is 2. The van der Waals surface area contributed by atoms with Crippen LogP contribution < -0.4 is 9.38 Å². The number of unbranched alkanes of at least 4 members (excludes halogenated alkanes) is 10. The van der Waals surface area contributed by atoms with Crippen LogP contribution in [-0.4, -0.2) is 7.05 Å². The maximum Gasteiger partial charge on any atom is 0.143 e. The summed E-state index contributed by atoms with van der Waals surface area (Å²) in [4.78, 5) is 2.45. The van der Waals surface area contributed by atoms with E-state index >= 15 is 0 Å². The van der Waals surface area contributed by atoms with Crippen LogP contribution in [0, 0.1) is 27.7 Å². The second-order valence-electron chi connectivity index (χ2n) is 30.4. The molecule has 14 aromatic rings. The summed E-state index contributed by atoms with van der Waals surface area (Å²) in [7, 11) is 2.38. The van der Waals surface area contributed by atoms with Gasteiger partial charge in [-0.1, -0.05) is 279 Å². The molecule has 1 unspecified atom stereocenters. The van der Waals surface area contributed by atoms with E-state index < -0.39 is 0 Å². The first-order valence-electron chi connectivity index (χ1n) is 40.1. The van der Waals surface area contributed by atoms with Crippen LogP contribution in [0.4, 0.5) is 34.1 Å². The third-order valence-electron chi connectivity index (χ3n) is 23.2. The van der Waals surface area contributed by atoms with Crippen molar-refractivity contribution in [2.24, 2.45) is 0 Å². The third-order valence-corrected chi connectivity index (χ3v) is 23.2. The molecule has 0 saturated heterocycles. The van der Waals surface area contributed by atoms with Gasteiger partial charge in [0.05, 0.1) is 7.05 Å². The van der Waals surface area contributed by atoms with E-state index in [0.29, 0.717) is 4.48 Å². The summed E-state index contributed by atoms with van der Waals surface area (Å²) in [5.41, 5.74) is 35.1. The molecule has 0 aliphatic rings. The molecule has 0 fully saturated rings. The van der Waals surface area contributed by atoms with Gasteiger partial charge in [-0.25, -0.2) is 4.48 Å². The third kappa shape index (κ3) is 16.1. The molecule has 0 aromatic heterocycles. The Hall–Kier alpha value is -10.6. The van der Waals surface area contributed by atoms with Crippen LogP contribution in [0.3, 0.4) is 0 Å². The summed E-state index contributed by atoms with van der Waals surface area (Å²) < 4.78 is 0.501. The topological polar surface area (TPSA) is 3.24 Å². The highest BCUT2D eigenvalue weighted by Gasteiger charge is 2.33. The highest BCUT2D eigenvalue weighted by molar-refractivity contribution is 6.12. The Labute approximate surface area is 639 Å². The molecule has 107 heavy (non-hydrogen) atoms. The van der Waals surface area contributed by atoms with Gasteiger partial charge >= 0.3 is 0 Å². The average Bonchev–Trinajstić information content (AvgIpc) is 0.749. The molecule has 0 aliphatic carbocycles. The highest BCUT2D eigenvalue weighted by atomic mass is 15.3. The molecule has 2 nitrogen and oxygen atoms in total. The largest absolute Gasteiger partial charge is 0.310 e. The minimum Gasteiger partial charge on any atom is -0.310 e. The fourth-order valence-corrected chi connectivity index (χ4v) is 16.7. The van der Waals surface area contributed by atoms with Crippen molar-refractivity contribution in [1.82, 2.24) is 4.48 Å². The molecule has 1 atom stereocenters. The van der Waals surface area contributed by atoms with Crippen LogP contribution in [0.5, 0.6) is 0 Å². The van der Waals surface area contributed by atoms with Crippen LogP contribution in [-0.2, 0) is 25.7 Å². The van der Waals surface area contributed by atoms with Crippen LogP contribution in [0.15, 0.2) is 291 Å². The smallest absolute Gasteiger partial charge is 0.143 e. The Morgan fingerprint density at radius 3 is 1.03 bits per heavy atom. The molecule has 14 aromatic carbocycles. The van der Waals surface area contributed by atoms with E-state index in [4.69, 9.17) is 0 Å². The predicted octanol–water partition coefficient (Wildman–Crippen LogP) is 30.9. The Morgan fingerprint density at radius 2 is 0.598 bits per heavy atom. The van der Waals surface area contributed by atoms with E-state index in [-0.39, 0.29) is 0 Å². The fraction of sp³-hybridized carbons (Fsp3) is 0.238. The minimum absolute atomic E-state index is 0.501. The van der Waals surface area contributed by atoms with Crippen molar-refractivity contribution >= 4 is 55.7 Å². The molecular formula is C105H107N2+. The lowest BCUT2D eigenvalue weighted by Crippen LogP contribution is -2.33. The zero-order valence-corrected chi connectivity index (χ0v) is 64.9. The van der Waals surface area contributed by atoms with E-state index in [9.17, 15) is 0 Å². The quantitative estimate of drug-likeness (QED) is 0.0334. The molecule has 0 saturated carbocycles. The van der Waals surface area contributed by atoms with Crippen molar-refractivity contribution in [3.05, 3.63) is 336 Å². The van der Waals surface area contributed by atoms with Gasteiger partial charge in [0.25, 0.3) is 0 Å². The van der Waals surface area contributed by atoms with Gasteiger partial charge in [-0.3, -0.25) is 0 Å². The predicted molar refractivity (Wildman–Crippen MR) is 466 cm³/mol. The number of quaternary nitrogens is 1. The molecule has 0 N–H and O–H groups in total. The zero-order valence-electron chi connectivity index (χ0n) is 64.9. The van der Waals surface area contributed by atoms with Crippen molar-refractivity contribution in [3.63, 3.8) is 0 Å². The van der Waals surface area contributed by atoms with E-state index in [1.807, 2.05) is 0 Å². The summed E-state index contributed by atoms with van der Waals surface area (Å²) in [5.74, 6) is 0. The number of fused-ring (bicyclic) bond motifs is 2. The molecule has 0 heterocycles. The fourth-order valence-electron chi connectivity index (χ4n) is 16.7. The lowest BCUT2D eigenvalue weighted by Gasteiger charge is -2.34. The maximum absolute atomic E-state index is 2.48. The van der Waals surface area contributed by atoms with Crippen molar-refractivity contribution < 1.29 is 0 Å². The van der Waals surface area contributed by atoms with Crippen molar-refractivity contribution in [1.29, 1.82) is 0 Å². The molecule has 0 amide bonds. The summed E-state index contributed by atoms with van der Waals surface area (Å²) in [6, 6.07) is 111. The van der Waals surface area contributed by atoms with E-state index in [0.717, 1.165) is 42.7 Å².